The van der Waals surface area contributed by atoms with Crippen molar-refractivity contribution >= 4 is 52.1 Å². The molecule has 2 aromatic carbocycles. The van der Waals surface area contributed by atoms with Gasteiger partial charge in [-0.15, -0.1) is 0 Å². The lowest BCUT2D eigenvalue weighted by Gasteiger charge is -2.12. The van der Waals surface area contributed by atoms with E-state index in [0.29, 0.717) is 33.7 Å². The Kier molecular flexibility index (Phi) is 6.21. The Labute approximate surface area is 150 Å². The number of benzene rings is 2. The fourth-order valence-electron chi connectivity index (χ4n) is 1.97. The molecular formula is C16H15Cl2N3OS. The lowest BCUT2D eigenvalue weighted by Crippen LogP contribution is -2.30. The summed E-state index contributed by atoms with van der Waals surface area (Å²) in [4.78, 5) is 11.0. The maximum Gasteiger partial charge on any atom is 0.248 e. The monoisotopic (exact) mass is 367 g/mol. The van der Waals surface area contributed by atoms with Crippen LogP contribution in [0.2, 0.25) is 10.0 Å². The minimum Gasteiger partial charge on any atom is -0.366 e. The summed E-state index contributed by atoms with van der Waals surface area (Å²) in [5.74, 6) is -0.464. The number of carbonyl (C=O) groups excluding carboxylic acids is 1. The largest absolute Gasteiger partial charge is 0.366 e. The van der Waals surface area contributed by atoms with Gasteiger partial charge in [-0.3, -0.25) is 4.79 Å². The van der Waals surface area contributed by atoms with Gasteiger partial charge in [-0.2, -0.15) is 0 Å². The van der Waals surface area contributed by atoms with E-state index < -0.39 is 5.91 Å². The predicted molar refractivity (Wildman–Crippen MR) is 99.3 cm³/mol. The van der Waals surface area contributed by atoms with Crippen LogP contribution in [0.4, 0.5) is 5.69 Å². The van der Waals surface area contributed by atoms with Gasteiger partial charge in [-0.25, -0.2) is 0 Å². The van der Waals surface area contributed by atoms with Gasteiger partial charge in [0.05, 0.1) is 0 Å². The summed E-state index contributed by atoms with van der Waals surface area (Å²) < 4.78 is 0. The highest BCUT2D eigenvalue weighted by atomic mass is 35.5. The zero-order chi connectivity index (χ0) is 16.8. The SMILES string of the molecule is NC(=O)c1ccc(NC(=S)NCCc2c(Cl)cccc2Cl)cc1. The van der Waals surface area contributed by atoms with Gasteiger partial charge in [0.2, 0.25) is 5.91 Å². The molecule has 0 spiro atoms. The molecule has 0 saturated heterocycles. The summed E-state index contributed by atoms with van der Waals surface area (Å²) in [6.45, 7) is 0.592. The Hall–Kier alpha value is -1.82. The van der Waals surface area contributed by atoms with Crippen molar-refractivity contribution < 1.29 is 4.79 Å². The first-order valence-electron chi connectivity index (χ1n) is 6.85. The minimum absolute atomic E-state index is 0.447. The second-order valence-corrected chi connectivity index (χ2v) is 6.00. The second-order valence-electron chi connectivity index (χ2n) is 4.77. The second kappa shape index (κ2) is 8.15. The molecular weight excluding hydrogens is 353 g/mol. The molecule has 0 saturated carbocycles. The predicted octanol–water partition coefficient (Wildman–Crippen LogP) is 3.62. The molecule has 0 aromatic heterocycles. The van der Waals surface area contributed by atoms with E-state index in [1.165, 1.54) is 0 Å². The van der Waals surface area contributed by atoms with E-state index >= 15 is 0 Å². The number of thiocarbonyl (C=S) groups is 1. The summed E-state index contributed by atoms with van der Waals surface area (Å²) in [5.41, 5.74) is 7.29. The van der Waals surface area contributed by atoms with Crippen LogP contribution in [0, 0.1) is 0 Å². The molecule has 0 radical (unpaired) electrons. The quantitative estimate of drug-likeness (QED) is 0.706. The minimum atomic E-state index is -0.464. The molecule has 0 atom stereocenters. The van der Waals surface area contributed by atoms with E-state index in [4.69, 9.17) is 41.2 Å². The van der Waals surface area contributed by atoms with Crippen molar-refractivity contribution in [1.82, 2.24) is 5.32 Å². The molecule has 23 heavy (non-hydrogen) atoms. The van der Waals surface area contributed by atoms with Gasteiger partial charge in [0.15, 0.2) is 5.11 Å². The highest BCUT2D eigenvalue weighted by Crippen LogP contribution is 2.24. The fourth-order valence-corrected chi connectivity index (χ4v) is 2.77. The number of halogens is 2. The van der Waals surface area contributed by atoms with Crippen LogP contribution in [0.25, 0.3) is 0 Å². The van der Waals surface area contributed by atoms with E-state index in [0.717, 1.165) is 11.3 Å². The topological polar surface area (TPSA) is 67.2 Å². The number of hydrogen-bond acceptors (Lipinski definition) is 2. The number of nitrogens with one attached hydrogen (secondary N) is 2. The molecule has 4 nitrogen and oxygen atoms in total. The van der Waals surface area contributed by atoms with E-state index in [9.17, 15) is 4.79 Å². The van der Waals surface area contributed by atoms with Crippen molar-refractivity contribution in [3.63, 3.8) is 0 Å². The highest BCUT2D eigenvalue weighted by molar-refractivity contribution is 7.80. The van der Waals surface area contributed by atoms with Crippen molar-refractivity contribution in [3.05, 3.63) is 63.6 Å². The Balaban J connectivity index is 1.84. The highest BCUT2D eigenvalue weighted by Gasteiger charge is 2.06. The molecule has 0 heterocycles. The van der Waals surface area contributed by atoms with E-state index in [2.05, 4.69) is 10.6 Å². The zero-order valence-electron chi connectivity index (χ0n) is 12.1. The molecule has 2 aromatic rings. The van der Waals surface area contributed by atoms with Gasteiger partial charge in [0.1, 0.15) is 0 Å². The number of hydrogen-bond donors (Lipinski definition) is 3. The van der Waals surface area contributed by atoms with E-state index in [1.807, 2.05) is 6.07 Å². The standard InChI is InChI=1S/C16H15Cl2N3OS/c17-13-2-1-3-14(18)12(13)8-9-20-16(23)21-11-6-4-10(5-7-11)15(19)22/h1-7H,8-9H2,(H2,19,22)(H2,20,21,23). The molecule has 1 amide bonds. The van der Waals surface area contributed by atoms with Crippen molar-refractivity contribution in [2.24, 2.45) is 5.73 Å². The third-order valence-electron chi connectivity index (χ3n) is 3.15. The third kappa shape index (κ3) is 5.10. The number of rotatable bonds is 5. The lowest BCUT2D eigenvalue weighted by molar-refractivity contribution is 0.100. The van der Waals surface area contributed by atoms with Gasteiger partial charge in [-0.1, -0.05) is 29.3 Å². The Morgan fingerprint density at radius 1 is 1.09 bits per heavy atom. The van der Waals surface area contributed by atoms with Gasteiger partial charge in [-0.05, 0) is 60.6 Å². The van der Waals surface area contributed by atoms with Gasteiger partial charge >= 0.3 is 0 Å². The number of carbonyl (C=O) groups is 1. The molecule has 0 unspecified atom stereocenters. The summed E-state index contributed by atoms with van der Waals surface area (Å²) in [5, 5.41) is 7.86. The van der Waals surface area contributed by atoms with E-state index in [-0.39, 0.29) is 0 Å². The van der Waals surface area contributed by atoms with Crippen molar-refractivity contribution in [2.45, 2.75) is 6.42 Å². The lowest BCUT2D eigenvalue weighted by atomic mass is 10.1. The molecule has 0 aliphatic carbocycles. The van der Waals surface area contributed by atoms with Crippen molar-refractivity contribution in [3.8, 4) is 0 Å². The van der Waals surface area contributed by atoms with Crippen LogP contribution in [0.5, 0.6) is 0 Å². The number of amides is 1. The third-order valence-corrected chi connectivity index (χ3v) is 4.10. The molecule has 0 bridgehead atoms. The molecule has 0 fully saturated rings. The number of nitrogens with two attached hydrogens (primary N) is 1. The van der Waals surface area contributed by atoms with Crippen molar-refractivity contribution in [2.75, 3.05) is 11.9 Å². The number of primary amides is 1. The summed E-state index contributed by atoms with van der Waals surface area (Å²) in [6, 6.07) is 12.2. The maximum absolute atomic E-state index is 11.0. The van der Waals surface area contributed by atoms with E-state index in [1.54, 1.807) is 36.4 Å². The average molecular weight is 368 g/mol. The van der Waals surface area contributed by atoms with Crippen LogP contribution in [-0.4, -0.2) is 17.6 Å². The normalized spacial score (nSPS) is 10.2. The molecule has 4 N–H and O–H groups in total. The first-order chi connectivity index (χ1) is 11.0. The smallest absolute Gasteiger partial charge is 0.248 e. The maximum atomic E-state index is 11.0. The Morgan fingerprint density at radius 2 is 1.70 bits per heavy atom. The molecule has 0 aliphatic rings. The fraction of sp³-hybridized carbons (Fsp3) is 0.125. The van der Waals surface area contributed by atoms with Crippen LogP contribution < -0.4 is 16.4 Å². The van der Waals surface area contributed by atoms with Gasteiger partial charge in [0.25, 0.3) is 0 Å². The summed E-state index contributed by atoms with van der Waals surface area (Å²) in [7, 11) is 0. The molecule has 120 valence electrons. The molecule has 0 aliphatic heterocycles. The van der Waals surface area contributed by atoms with Crippen LogP contribution in [0.1, 0.15) is 15.9 Å². The first-order valence-corrected chi connectivity index (χ1v) is 8.01. The first kappa shape index (κ1) is 17.5. The molecule has 7 heteroatoms. The van der Waals surface area contributed by atoms with Crippen LogP contribution in [0.15, 0.2) is 42.5 Å². The van der Waals surface area contributed by atoms with Crippen LogP contribution in [0.3, 0.4) is 0 Å². The van der Waals surface area contributed by atoms with Crippen LogP contribution >= 0.6 is 35.4 Å². The summed E-state index contributed by atoms with van der Waals surface area (Å²) >= 11 is 17.5. The van der Waals surface area contributed by atoms with Crippen LogP contribution in [-0.2, 0) is 6.42 Å². The average Bonchev–Trinajstić information content (AvgIpc) is 2.51. The van der Waals surface area contributed by atoms with Crippen molar-refractivity contribution in [1.29, 1.82) is 0 Å². The van der Waals surface area contributed by atoms with Gasteiger partial charge < -0.3 is 16.4 Å². The molecule has 2 rings (SSSR count). The zero-order valence-corrected chi connectivity index (χ0v) is 14.4. The number of anilines is 1. The Bertz CT molecular complexity index is 700. The summed E-state index contributed by atoms with van der Waals surface area (Å²) in [6.07, 6.45) is 0.654. The van der Waals surface area contributed by atoms with Gasteiger partial charge in [0, 0.05) is 27.8 Å². The Morgan fingerprint density at radius 3 is 2.26 bits per heavy atom.